The summed E-state index contributed by atoms with van der Waals surface area (Å²) in [5, 5.41) is 8.78. The van der Waals surface area contributed by atoms with E-state index in [9.17, 15) is 0 Å². The molecular formula is C17H30O. The Morgan fingerprint density at radius 2 is 1.67 bits per heavy atom. The number of aliphatic hydroxyl groups excluding tert-OH is 1. The van der Waals surface area contributed by atoms with E-state index in [0.29, 0.717) is 0 Å². The third-order valence-corrected chi connectivity index (χ3v) is 4.14. The minimum Gasteiger partial charge on any atom is -0.392 e. The molecule has 0 atom stereocenters. The van der Waals surface area contributed by atoms with Crippen LogP contribution in [-0.4, -0.2) is 11.7 Å². The fraction of sp³-hybridized carbons (Fsp3) is 0.765. The van der Waals surface area contributed by atoms with Gasteiger partial charge in [0.25, 0.3) is 0 Å². The molecular weight excluding hydrogens is 220 g/mol. The molecule has 1 rings (SSSR count). The van der Waals surface area contributed by atoms with Gasteiger partial charge in [0.15, 0.2) is 0 Å². The zero-order valence-corrected chi connectivity index (χ0v) is 12.3. The number of rotatable bonds is 7. The summed E-state index contributed by atoms with van der Waals surface area (Å²) < 4.78 is 0. The maximum Gasteiger partial charge on any atom is 0.0614 e. The normalized spacial score (nSPS) is 19.3. The second kappa shape index (κ2) is 9.38. The highest BCUT2D eigenvalue weighted by Crippen LogP contribution is 2.28. The van der Waals surface area contributed by atoms with Crippen LogP contribution in [0.1, 0.15) is 71.6 Å². The fourth-order valence-electron chi connectivity index (χ4n) is 2.81. The van der Waals surface area contributed by atoms with Crippen molar-refractivity contribution < 1.29 is 5.11 Å². The molecule has 0 aromatic heterocycles. The number of allylic oxidation sites excluding steroid dienone is 3. The van der Waals surface area contributed by atoms with Gasteiger partial charge in [0.05, 0.1) is 6.61 Å². The lowest BCUT2D eigenvalue weighted by molar-refractivity contribution is 0.339. The Morgan fingerprint density at radius 3 is 2.33 bits per heavy atom. The molecule has 0 aromatic rings. The lowest BCUT2D eigenvalue weighted by Gasteiger charge is -2.21. The lowest BCUT2D eigenvalue weighted by atomic mass is 9.85. The van der Waals surface area contributed by atoms with Gasteiger partial charge in [-0.1, -0.05) is 55.4 Å². The summed E-state index contributed by atoms with van der Waals surface area (Å²) in [4.78, 5) is 0. The molecule has 0 radical (unpaired) electrons. The van der Waals surface area contributed by atoms with E-state index >= 15 is 0 Å². The first-order valence-electron chi connectivity index (χ1n) is 7.64. The van der Waals surface area contributed by atoms with Gasteiger partial charge in [-0.25, -0.2) is 0 Å². The highest BCUT2D eigenvalue weighted by atomic mass is 16.2. The molecule has 0 aromatic carbocycles. The topological polar surface area (TPSA) is 20.2 Å². The summed E-state index contributed by atoms with van der Waals surface area (Å²) in [7, 11) is 0. The van der Waals surface area contributed by atoms with Gasteiger partial charge in [-0.3, -0.25) is 0 Å². The molecule has 1 N–H and O–H groups in total. The van der Waals surface area contributed by atoms with Crippen molar-refractivity contribution in [2.45, 2.75) is 71.6 Å². The summed E-state index contributed by atoms with van der Waals surface area (Å²) in [6.45, 7) is 4.55. The van der Waals surface area contributed by atoms with E-state index in [1.54, 1.807) is 5.57 Å². The van der Waals surface area contributed by atoms with Crippen LogP contribution in [0.5, 0.6) is 0 Å². The van der Waals surface area contributed by atoms with E-state index in [4.69, 9.17) is 5.11 Å². The van der Waals surface area contributed by atoms with Crippen molar-refractivity contribution in [2.75, 3.05) is 6.61 Å². The van der Waals surface area contributed by atoms with Gasteiger partial charge in [0, 0.05) is 0 Å². The number of hydrogen-bond acceptors (Lipinski definition) is 1. The smallest absolute Gasteiger partial charge is 0.0614 e. The molecule has 0 spiro atoms. The molecule has 1 aliphatic rings. The van der Waals surface area contributed by atoms with Crippen LogP contribution in [0.3, 0.4) is 0 Å². The van der Waals surface area contributed by atoms with Crippen molar-refractivity contribution in [3.63, 3.8) is 0 Å². The van der Waals surface area contributed by atoms with Crippen molar-refractivity contribution >= 4 is 0 Å². The van der Waals surface area contributed by atoms with Crippen molar-refractivity contribution in [3.8, 4) is 0 Å². The second-order valence-electron chi connectivity index (χ2n) is 5.86. The summed E-state index contributed by atoms with van der Waals surface area (Å²) in [6.07, 6.45) is 16.5. The first-order chi connectivity index (χ1) is 8.72. The molecule has 0 heterocycles. The van der Waals surface area contributed by atoms with Crippen LogP contribution in [-0.2, 0) is 0 Å². The van der Waals surface area contributed by atoms with Gasteiger partial charge >= 0.3 is 0 Å². The Bertz CT molecular complexity index is 269. The van der Waals surface area contributed by atoms with Crippen LogP contribution in [0.4, 0.5) is 0 Å². The molecule has 1 aliphatic carbocycles. The average Bonchev–Trinajstić information content (AvgIpc) is 2.38. The van der Waals surface area contributed by atoms with E-state index in [0.717, 1.165) is 18.8 Å². The van der Waals surface area contributed by atoms with Crippen molar-refractivity contribution in [2.24, 2.45) is 5.92 Å². The van der Waals surface area contributed by atoms with Crippen LogP contribution in [0.25, 0.3) is 0 Å². The average molecular weight is 250 g/mol. The van der Waals surface area contributed by atoms with Gasteiger partial charge in [0.2, 0.25) is 0 Å². The molecule has 0 saturated heterocycles. The molecule has 18 heavy (non-hydrogen) atoms. The maximum atomic E-state index is 8.78. The zero-order valence-electron chi connectivity index (χ0n) is 12.3. The first kappa shape index (κ1) is 15.5. The van der Waals surface area contributed by atoms with E-state index in [-0.39, 0.29) is 6.61 Å². The molecule has 1 nitrogen and oxygen atoms in total. The third-order valence-electron chi connectivity index (χ3n) is 4.14. The minimum absolute atomic E-state index is 0.177. The van der Waals surface area contributed by atoms with Gasteiger partial charge in [-0.2, -0.15) is 0 Å². The van der Waals surface area contributed by atoms with Crippen LogP contribution in [0.2, 0.25) is 0 Å². The van der Waals surface area contributed by atoms with Crippen molar-refractivity contribution in [1.82, 2.24) is 0 Å². The van der Waals surface area contributed by atoms with Crippen LogP contribution < -0.4 is 0 Å². The first-order valence-corrected chi connectivity index (χ1v) is 7.64. The zero-order chi connectivity index (χ0) is 13.2. The molecule has 0 amide bonds. The summed E-state index contributed by atoms with van der Waals surface area (Å²) in [6, 6.07) is 0. The molecule has 1 saturated carbocycles. The van der Waals surface area contributed by atoms with E-state index < -0.39 is 0 Å². The maximum absolute atomic E-state index is 8.78. The van der Waals surface area contributed by atoms with Crippen LogP contribution >= 0.6 is 0 Å². The number of aliphatic hydroxyl groups is 1. The van der Waals surface area contributed by atoms with Crippen LogP contribution in [0.15, 0.2) is 23.3 Å². The van der Waals surface area contributed by atoms with Gasteiger partial charge in [-0.05, 0) is 45.4 Å². The Hall–Kier alpha value is -0.560. The summed E-state index contributed by atoms with van der Waals surface area (Å²) in [5.41, 5.74) is 2.85. The van der Waals surface area contributed by atoms with E-state index in [1.807, 2.05) is 6.08 Å². The predicted octanol–water partition coefficient (Wildman–Crippen LogP) is 5.01. The SMILES string of the molecule is C/C(=C\CO)CC/C=C(\C)CCC1CCCCC1. The fourth-order valence-corrected chi connectivity index (χ4v) is 2.81. The predicted molar refractivity (Wildman–Crippen MR) is 79.6 cm³/mol. The highest BCUT2D eigenvalue weighted by molar-refractivity contribution is 5.03. The Morgan fingerprint density at radius 1 is 1.00 bits per heavy atom. The summed E-state index contributed by atoms with van der Waals surface area (Å²) >= 11 is 0. The number of hydrogen-bond donors (Lipinski definition) is 1. The molecule has 1 heteroatoms. The van der Waals surface area contributed by atoms with Gasteiger partial charge in [-0.15, -0.1) is 0 Å². The molecule has 0 unspecified atom stereocenters. The van der Waals surface area contributed by atoms with Crippen molar-refractivity contribution in [3.05, 3.63) is 23.3 Å². The molecule has 1 fully saturated rings. The molecule has 0 bridgehead atoms. The lowest BCUT2D eigenvalue weighted by Crippen LogP contribution is -2.05. The Balaban J connectivity index is 2.14. The minimum atomic E-state index is 0.177. The Kier molecular flexibility index (Phi) is 8.08. The standard InChI is InChI=1S/C17H30O/c1-15(7-6-8-16(2)13-14-18)11-12-17-9-4-3-5-10-17/h7,13,17-18H,3-6,8-12,14H2,1-2H3/b15-7+,16-13+. The van der Waals surface area contributed by atoms with Gasteiger partial charge in [0.1, 0.15) is 0 Å². The second-order valence-corrected chi connectivity index (χ2v) is 5.86. The van der Waals surface area contributed by atoms with Crippen LogP contribution in [0, 0.1) is 5.92 Å². The quantitative estimate of drug-likeness (QED) is 0.630. The highest BCUT2D eigenvalue weighted by Gasteiger charge is 2.12. The van der Waals surface area contributed by atoms with Crippen molar-refractivity contribution in [1.29, 1.82) is 0 Å². The van der Waals surface area contributed by atoms with E-state index in [1.165, 1.54) is 50.5 Å². The monoisotopic (exact) mass is 250 g/mol. The van der Waals surface area contributed by atoms with E-state index in [2.05, 4.69) is 19.9 Å². The molecule has 0 aliphatic heterocycles. The Labute approximate surface area is 113 Å². The molecule has 104 valence electrons. The largest absolute Gasteiger partial charge is 0.392 e. The third kappa shape index (κ3) is 7.00. The van der Waals surface area contributed by atoms with Gasteiger partial charge < -0.3 is 5.11 Å². The summed E-state index contributed by atoms with van der Waals surface area (Å²) in [5.74, 6) is 0.998.